The van der Waals surface area contributed by atoms with Crippen LogP contribution in [0.5, 0.6) is 0 Å². The van der Waals surface area contributed by atoms with E-state index in [0.29, 0.717) is 5.41 Å². The minimum atomic E-state index is -1.87. The summed E-state index contributed by atoms with van der Waals surface area (Å²) in [4.78, 5) is 13.1. The lowest BCUT2D eigenvalue weighted by molar-refractivity contribution is 0.106. The lowest BCUT2D eigenvalue weighted by atomic mass is 10.1. The zero-order chi connectivity index (χ0) is 16.7. The van der Waals surface area contributed by atoms with Gasteiger partial charge >= 0.3 is 0 Å². The van der Waals surface area contributed by atoms with Crippen LogP contribution >= 0.6 is 0 Å². The van der Waals surface area contributed by atoms with Crippen LogP contribution in [0.2, 0.25) is 19.1 Å². The maximum Gasteiger partial charge on any atom is 0.140 e. The largest absolute Gasteiger partial charge is 0.300 e. The van der Waals surface area contributed by atoms with Gasteiger partial charge in [-0.1, -0.05) is 107 Å². The SMILES string of the molecule is CCCCCCCC[Si](C)(C)C(=O)c1cccc2ccccc12. The molecule has 2 heteroatoms. The quantitative estimate of drug-likeness (QED) is 0.373. The number of carbonyl (C=O) groups excluding carboxylic acids is 1. The number of fused-ring (bicyclic) bond motifs is 1. The van der Waals surface area contributed by atoms with Crippen molar-refractivity contribution in [1.29, 1.82) is 0 Å². The molecule has 0 aromatic heterocycles. The van der Waals surface area contributed by atoms with Crippen molar-refractivity contribution in [3.05, 3.63) is 48.0 Å². The fourth-order valence-electron chi connectivity index (χ4n) is 3.25. The molecule has 0 aliphatic heterocycles. The van der Waals surface area contributed by atoms with Gasteiger partial charge in [-0.2, -0.15) is 0 Å². The van der Waals surface area contributed by atoms with Crippen LogP contribution in [0.3, 0.4) is 0 Å². The van der Waals surface area contributed by atoms with Gasteiger partial charge < -0.3 is 4.79 Å². The maximum absolute atomic E-state index is 13.1. The summed E-state index contributed by atoms with van der Waals surface area (Å²) in [5, 5.41) is 2.70. The lowest BCUT2D eigenvalue weighted by Crippen LogP contribution is -2.37. The van der Waals surface area contributed by atoms with Gasteiger partial charge in [-0.25, -0.2) is 0 Å². The Bertz CT molecular complexity index is 640. The van der Waals surface area contributed by atoms with Crippen molar-refractivity contribution in [2.75, 3.05) is 0 Å². The molecular weight excluding hydrogens is 296 g/mol. The molecule has 0 unspecified atom stereocenters. The molecule has 0 heterocycles. The molecule has 0 radical (unpaired) electrons. The third-order valence-electron chi connectivity index (χ3n) is 4.80. The smallest absolute Gasteiger partial charge is 0.140 e. The monoisotopic (exact) mass is 326 g/mol. The van der Waals surface area contributed by atoms with Crippen molar-refractivity contribution in [1.82, 2.24) is 0 Å². The van der Waals surface area contributed by atoms with Gasteiger partial charge in [0.2, 0.25) is 0 Å². The Kier molecular flexibility index (Phi) is 6.58. The minimum Gasteiger partial charge on any atom is -0.300 e. The van der Waals surface area contributed by atoms with E-state index in [0.717, 1.165) is 17.0 Å². The molecule has 1 nitrogen and oxygen atoms in total. The van der Waals surface area contributed by atoms with Crippen LogP contribution in [0.25, 0.3) is 10.8 Å². The molecule has 0 saturated heterocycles. The maximum atomic E-state index is 13.1. The number of carbonyl (C=O) groups is 1. The number of benzene rings is 2. The van der Waals surface area contributed by atoms with E-state index >= 15 is 0 Å². The highest BCUT2D eigenvalue weighted by molar-refractivity contribution is 7.06. The number of hydrogen-bond donors (Lipinski definition) is 0. The van der Waals surface area contributed by atoms with Gasteiger partial charge in [0.15, 0.2) is 0 Å². The van der Waals surface area contributed by atoms with Crippen LogP contribution < -0.4 is 0 Å². The van der Waals surface area contributed by atoms with Gasteiger partial charge in [-0.05, 0) is 10.8 Å². The first-order chi connectivity index (χ1) is 11.1. The third kappa shape index (κ3) is 4.78. The van der Waals surface area contributed by atoms with Gasteiger partial charge in [0.05, 0.1) is 0 Å². The van der Waals surface area contributed by atoms with Crippen LogP contribution in [0, 0.1) is 0 Å². The van der Waals surface area contributed by atoms with Crippen molar-refractivity contribution < 1.29 is 4.79 Å². The van der Waals surface area contributed by atoms with Crippen LogP contribution in [0.1, 0.15) is 55.8 Å². The predicted octanol–water partition coefficient (Wildman–Crippen LogP) is 6.63. The highest BCUT2D eigenvalue weighted by Crippen LogP contribution is 2.25. The molecule has 0 fully saturated rings. The number of rotatable bonds is 9. The summed E-state index contributed by atoms with van der Waals surface area (Å²) in [6.07, 6.45) is 7.78. The summed E-state index contributed by atoms with van der Waals surface area (Å²) in [6.45, 7) is 6.73. The van der Waals surface area contributed by atoms with Gasteiger partial charge in [-0.3, -0.25) is 0 Å². The highest BCUT2D eigenvalue weighted by Gasteiger charge is 2.31. The van der Waals surface area contributed by atoms with Crippen molar-refractivity contribution in [3.63, 3.8) is 0 Å². The van der Waals surface area contributed by atoms with Crippen molar-refractivity contribution >= 4 is 24.3 Å². The standard InChI is InChI=1S/C21H30OSi/c1-4-5-6-7-8-11-17-23(2,3)21(22)20-16-12-14-18-13-9-10-15-19(18)20/h9-10,12-16H,4-8,11,17H2,1-3H3. The molecule has 0 aliphatic rings. The molecule has 2 aromatic carbocycles. The second-order valence-corrected chi connectivity index (χ2v) is 12.0. The Labute approximate surface area is 142 Å². The molecule has 0 bridgehead atoms. The molecule has 0 amide bonds. The average Bonchev–Trinajstić information content (AvgIpc) is 2.56. The van der Waals surface area contributed by atoms with E-state index in [2.05, 4.69) is 38.2 Å². The molecule has 2 aromatic rings. The Hall–Kier alpha value is -1.41. The third-order valence-corrected chi connectivity index (χ3v) is 7.91. The average molecular weight is 327 g/mol. The summed E-state index contributed by atoms with van der Waals surface area (Å²) in [5.74, 6) is 0. The lowest BCUT2D eigenvalue weighted by Gasteiger charge is -2.21. The van der Waals surface area contributed by atoms with E-state index in [1.807, 2.05) is 24.3 Å². The molecule has 23 heavy (non-hydrogen) atoms. The molecule has 0 atom stereocenters. The number of unbranched alkanes of at least 4 members (excludes halogenated alkanes) is 5. The first kappa shape index (κ1) is 17.9. The fourth-order valence-corrected chi connectivity index (χ4v) is 5.56. The Balaban J connectivity index is 2.02. The Morgan fingerprint density at radius 3 is 2.30 bits per heavy atom. The molecule has 0 saturated carbocycles. The van der Waals surface area contributed by atoms with E-state index in [9.17, 15) is 4.79 Å². The summed E-state index contributed by atoms with van der Waals surface area (Å²) in [6, 6.07) is 15.5. The first-order valence-electron chi connectivity index (χ1n) is 9.09. The van der Waals surface area contributed by atoms with E-state index in [4.69, 9.17) is 0 Å². The zero-order valence-electron chi connectivity index (χ0n) is 14.9. The summed E-state index contributed by atoms with van der Waals surface area (Å²) in [7, 11) is -1.87. The van der Waals surface area contributed by atoms with Gasteiger partial charge in [0, 0.05) is 5.56 Å². The van der Waals surface area contributed by atoms with Crippen LogP contribution in [-0.2, 0) is 0 Å². The molecular formula is C21H30OSi. The molecule has 2 rings (SSSR count). The highest BCUT2D eigenvalue weighted by atomic mass is 28.3. The zero-order valence-corrected chi connectivity index (χ0v) is 15.9. The fraction of sp³-hybridized carbons (Fsp3) is 0.476. The summed E-state index contributed by atoms with van der Waals surface area (Å²) >= 11 is 0. The van der Waals surface area contributed by atoms with E-state index in [-0.39, 0.29) is 0 Å². The summed E-state index contributed by atoms with van der Waals surface area (Å²) < 4.78 is 0. The van der Waals surface area contributed by atoms with Crippen LogP contribution in [0.4, 0.5) is 0 Å². The topological polar surface area (TPSA) is 17.1 Å². The Morgan fingerprint density at radius 2 is 1.52 bits per heavy atom. The van der Waals surface area contributed by atoms with E-state index < -0.39 is 8.07 Å². The minimum absolute atomic E-state index is 0.419. The normalized spacial score (nSPS) is 11.8. The summed E-state index contributed by atoms with van der Waals surface area (Å²) in [5.41, 5.74) is 0.936. The van der Waals surface area contributed by atoms with Crippen molar-refractivity contribution in [2.45, 2.75) is 64.6 Å². The second kappa shape index (κ2) is 8.44. The van der Waals surface area contributed by atoms with E-state index in [1.165, 1.54) is 43.9 Å². The molecule has 0 spiro atoms. The van der Waals surface area contributed by atoms with E-state index in [1.54, 1.807) is 0 Å². The number of hydrogen-bond acceptors (Lipinski definition) is 1. The van der Waals surface area contributed by atoms with Crippen LogP contribution in [-0.4, -0.2) is 13.5 Å². The Morgan fingerprint density at radius 1 is 0.870 bits per heavy atom. The van der Waals surface area contributed by atoms with Gasteiger partial charge in [0.25, 0.3) is 0 Å². The molecule has 0 aliphatic carbocycles. The van der Waals surface area contributed by atoms with Gasteiger partial charge in [-0.15, -0.1) is 0 Å². The first-order valence-corrected chi connectivity index (χ1v) is 12.3. The molecule has 0 N–H and O–H groups in total. The predicted molar refractivity (Wildman–Crippen MR) is 104 cm³/mol. The van der Waals surface area contributed by atoms with Gasteiger partial charge in [0.1, 0.15) is 13.5 Å². The molecule has 124 valence electrons. The van der Waals surface area contributed by atoms with Crippen molar-refractivity contribution in [2.24, 2.45) is 0 Å². The van der Waals surface area contributed by atoms with Crippen molar-refractivity contribution in [3.8, 4) is 0 Å². The van der Waals surface area contributed by atoms with Crippen LogP contribution in [0.15, 0.2) is 42.5 Å². The second-order valence-electron chi connectivity index (χ2n) is 7.26.